The van der Waals surface area contributed by atoms with Crippen LogP contribution in [-0.2, 0) is 4.79 Å². The van der Waals surface area contributed by atoms with Crippen molar-refractivity contribution in [3.63, 3.8) is 0 Å². The Morgan fingerprint density at radius 1 is 1.31 bits per heavy atom. The number of methoxy groups -OCH3 is 1. The van der Waals surface area contributed by atoms with Gasteiger partial charge in [0.15, 0.2) is 5.16 Å². The summed E-state index contributed by atoms with van der Waals surface area (Å²) in [4.78, 5) is 32.9. The molecule has 2 aromatic heterocycles. The number of ether oxygens (including phenoxy) is 1. The lowest BCUT2D eigenvalue weighted by Crippen LogP contribution is -2.16. The van der Waals surface area contributed by atoms with Gasteiger partial charge in [0.1, 0.15) is 16.4 Å². The van der Waals surface area contributed by atoms with E-state index < -0.39 is 0 Å². The Morgan fingerprint density at radius 2 is 2.06 bits per heavy atom. The van der Waals surface area contributed by atoms with Crippen LogP contribution >= 0.6 is 34.7 Å². The van der Waals surface area contributed by atoms with Crippen molar-refractivity contribution in [3.8, 4) is 16.9 Å². The Morgan fingerprint density at radius 3 is 2.78 bits per heavy atom. The second-order valence-corrected chi connectivity index (χ2v) is 9.08. The minimum atomic E-state index is -0.344. The average Bonchev–Trinajstić information content (AvgIpc) is 3.20. The number of halogens is 2. The highest BCUT2D eigenvalue weighted by Gasteiger charge is 2.15. The fraction of sp³-hybridized carbons (Fsp3) is 0.136. The summed E-state index contributed by atoms with van der Waals surface area (Å²) in [6.07, 6.45) is 0. The maximum atomic E-state index is 13.2. The van der Waals surface area contributed by atoms with E-state index in [-0.39, 0.29) is 23.0 Å². The molecule has 0 saturated carbocycles. The fourth-order valence-electron chi connectivity index (χ4n) is 3.09. The molecule has 0 bridgehead atoms. The molecule has 164 valence electrons. The number of nitrogens with zero attached hydrogens (tertiary/aromatic N) is 1. The molecule has 1 amide bonds. The molecule has 2 heterocycles. The van der Waals surface area contributed by atoms with Gasteiger partial charge in [-0.25, -0.2) is 9.37 Å². The van der Waals surface area contributed by atoms with Crippen molar-refractivity contribution >= 4 is 56.5 Å². The van der Waals surface area contributed by atoms with Crippen LogP contribution in [0.4, 0.5) is 10.1 Å². The number of aromatic amines is 1. The zero-order valence-electron chi connectivity index (χ0n) is 17.0. The third kappa shape index (κ3) is 4.64. The van der Waals surface area contributed by atoms with Crippen molar-refractivity contribution in [1.29, 1.82) is 0 Å². The molecule has 0 aliphatic carbocycles. The number of carbonyl (C=O) groups excluding carboxylic acids is 1. The van der Waals surface area contributed by atoms with Crippen LogP contribution in [0.15, 0.2) is 51.7 Å². The summed E-state index contributed by atoms with van der Waals surface area (Å²) in [6, 6.07) is 9.31. The Hall–Kier alpha value is -2.88. The van der Waals surface area contributed by atoms with E-state index in [1.807, 2.05) is 12.3 Å². The second kappa shape index (κ2) is 9.32. The van der Waals surface area contributed by atoms with Crippen molar-refractivity contribution in [2.75, 3.05) is 18.2 Å². The van der Waals surface area contributed by atoms with E-state index in [9.17, 15) is 14.0 Å². The number of benzene rings is 2. The van der Waals surface area contributed by atoms with Gasteiger partial charge in [-0.15, -0.1) is 11.3 Å². The molecule has 0 atom stereocenters. The van der Waals surface area contributed by atoms with Crippen LogP contribution in [0.5, 0.6) is 5.75 Å². The number of hydrogen-bond donors (Lipinski definition) is 2. The van der Waals surface area contributed by atoms with E-state index in [2.05, 4.69) is 15.3 Å². The number of carbonyl (C=O) groups is 1. The standard InChI is InChI=1S/C22H17ClFN3O3S2/c1-11-7-16(17(30-2)8-15(11)23)25-18(28)10-32-22-26-20(29)19-14(9-31-21(19)27-22)12-3-5-13(24)6-4-12/h3-9H,10H2,1-2H3,(H,25,28)(H,26,27,29). The highest BCUT2D eigenvalue weighted by Crippen LogP contribution is 2.33. The lowest BCUT2D eigenvalue weighted by atomic mass is 10.1. The first-order valence-corrected chi connectivity index (χ1v) is 11.6. The molecule has 6 nitrogen and oxygen atoms in total. The van der Waals surface area contributed by atoms with E-state index in [1.165, 1.54) is 30.6 Å². The first kappa shape index (κ1) is 22.3. The molecule has 0 radical (unpaired) electrons. The summed E-state index contributed by atoms with van der Waals surface area (Å²) in [5.74, 6) is -0.131. The second-order valence-electron chi connectivity index (χ2n) is 6.85. The van der Waals surface area contributed by atoms with Gasteiger partial charge in [-0.3, -0.25) is 9.59 Å². The van der Waals surface area contributed by atoms with Gasteiger partial charge in [0.05, 0.1) is 23.9 Å². The Kier molecular flexibility index (Phi) is 6.50. The molecule has 10 heteroatoms. The van der Waals surface area contributed by atoms with Crippen molar-refractivity contribution in [3.05, 3.63) is 68.5 Å². The molecule has 0 unspecified atom stereocenters. The molecule has 4 aromatic rings. The van der Waals surface area contributed by atoms with E-state index in [4.69, 9.17) is 16.3 Å². The van der Waals surface area contributed by atoms with Crippen molar-refractivity contribution in [1.82, 2.24) is 9.97 Å². The van der Waals surface area contributed by atoms with Gasteiger partial charge >= 0.3 is 0 Å². The average molecular weight is 490 g/mol. The highest BCUT2D eigenvalue weighted by atomic mass is 35.5. The summed E-state index contributed by atoms with van der Waals surface area (Å²) < 4.78 is 18.5. The molecular weight excluding hydrogens is 473 g/mol. The first-order chi connectivity index (χ1) is 15.4. The van der Waals surface area contributed by atoms with Gasteiger partial charge in [-0.05, 0) is 36.2 Å². The number of anilines is 1. The molecule has 4 rings (SSSR count). The normalized spacial score (nSPS) is 11.0. The summed E-state index contributed by atoms with van der Waals surface area (Å²) in [5.41, 5.74) is 2.43. The predicted molar refractivity (Wildman–Crippen MR) is 128 cm³/mol. The quantitative estimate of drug-likeness (QED) is 0.276. The summed E-state index contributed by atoms with van der Waals surface area (Å²) in [6.45, 7) is 1.83. The Bertz CT molecular complexity index is 1370. The maximum Gasteiger partial charge on any atom is 0.260 e. The summed E-state index contributed by atoms with van der Waals surface area (Å²) in [7, 11) is 1.50. The summed E-state index contributed by atoms with van der Waals surface area (Å²) in [5, 5.41) is 5.93. The number of rotatable bonds is 6. The number of aromatic nitrogens is 2. The van der Waals surface area contributed by atoms with E-state index in [0.717, 1.165) is 22.9 Å². The van der Waals surface area contributed by atoms with Gasteiger partial charge in [-0.2, -0.15) is 0 Å². The van der Waals surface area contributed by atoms with Gasteiger partial charge < -0.3 is 15.0 Å². The molecule has 0 fully saturated rings. The smallest absolute Gasteiger partial charge is 0.260 e. The van der Waals surface area contributed by atoms with Crippen LogP contribution in [-0.4, -0.2) is 28.7 Å². The van der Waals surface area contributed by atoms with Crippen molar-refractivity contribution in [2.45, 2.75) is 12.1 Å². The number of nitrogens with one attached hydrogen (secondary N) is 2. The first-order valence-electron chi connectivity index (χ1n) is 9.40. The number of fused-ring (bicyclic) bond motifs is 1. The third-order valence-corrected chi connectivity index (χ3v) is 6.83. The number of thioether (sulfide) groups is 1. The molecule has 2 N–H and O–H groups in total. The number of thiophene rings is 1. The van der Waals surface area contributed by atoms with Crippen LogP contribution in [0, 0.1) is 12.7 Å². The van der Waals surface area contributed by atoms with Crippen LogP contribution in [0.2, 0.25) is 5.02 Å². The zero-order valence-corrected chi connectivity index (χ0v) is 19.4. The molecule has 0 spiro atoms. The van der Waals surface area contributed by atoms with E-state index in [1.54, 1.807) is 24.3 Å². The van der Waals surface area contributed by atoms with Gasteiger partial charge in [0.25, 0.3) is 5.56 Å². The van der Waals surface area contributed by atoms with Gasteiger partial charge in [-0.1, -0.05) is 35.5 Å². The SMILES string of the molecule is COc1cc(Cl)c(C)cc1NC(=O)CSc1nc2scc(-c3ccc(F)cc3)c2c(=O)[nH]1. The van der Waals surface area contributed by atoms with Crippen LogP contribution < -0.4 is 15.6 Å². The van der Waals surface area contributed by atoms with Crippen molar-refractivity contribution in [2.24, 2.45) is 0 Å². The minimum absolute atomic E-state index is 0.0372. The van der Waals surface area contributed by atoms with E-state index in [0.29, 0.717) is 37.4 Å². The molecule has 0 aliphatic heterocycles. The monoisotopic (exact) mass is 489 g/mol. The Labute approximate surface area is 195 Å². The van der Waals surface area contributed by atoms with E-state index >= 15 is 0 Å². The van der Waals surface area contributed by atoms with Crippen LogP contribution in [0.25, 0.3) is 21.3 Å². The predicted octanol–water partition coefficient (Wildman–Crippen LogP) is 5.49. The highest BCUT2D eigenvalue weighted by molar-refractivity contribution is 7.99. The third-order valence-electron chi connectivity index (χ3n) is 4.67. The molecule has 2 aromatic carbocycles. The Balaban J connectivity index is 1.51. The molecule has 0 aliphatic rings. The minimum Gasteiger partial charge on any atom is -0.495 e. The molecular formula is C22H17ClFN3O3S2. The molecule has 32 heavy (non-hydrogen) atoms. The largest absolute Gasteiger partial charge is 0.495 e. The number of amides is 1. The fourth-order valence-corrected chi connectivity index (χ4v) is 4.91. The van der Waals surface area contributed by atoms with Crippen molar-refractivity contribution < 1.29 is 13.9 Å². The maximum absolute atomic E-state index is 13.2. The number of H-pyrrole nitrogens is 1. The van der Waals surface area contributed by atoms with Crippen LogP contribution in [0.1, 0.15) is 5.56 Å². The zero-order chi connectivity index (χ0) is 22.8. The van der Waals surface area contributed by atoms with Crippen LogP contribution in [0.3, 0.4) is 0 Å². The summed E-state index contributed by atoms with van der Waals surface area (Å²) >= 11 is 8.53. The van der Waals surface area contributed by atoms with Gasteiger partial charge in [0.2, 0.25) is 5.91 Å². The lowest BCUT2D eigenvalue weighted by Gasteiger charge is -2.12. The number of aryl methyl sites for hydroxylation is 1. The lowest BCUT2D eigenvalue weighted by molar-refractivity contribution is -0.113. The van der Waals surface area contributed by atoms with Gasteiger partial charge in [0, 0.05) is 22.0 Å². The topological polar surface area (TPSA) is 84.1 Å². The number of hydrogen-bond acceptors (Lipinski definition) is 6. The molecule has 0 saturated heterocycles.